The van der Waals surface area contributed by atoms with Crippen LogP contribution in [0.4, 0.5) is 0 Å². The summed E-state index contributed by atoms with van der Waals surface area (Å²) < 4.78 is 7.36. The third-order valence-corrected chi connectivity index (χ3v) is 4.70. The molecule has 1 atom stereocenters. The van der Waals surface area contributed by atoms with E-state index >= 15 is 0 Å². The number of aromatic nitrogens is 1. The third-order valence-electron chi connectivity index (χ3n) is 4.70. The molecular weight excluding hydrogens is 368 g/mol. The first kappa shape index (κ1) is 21.9. The highest BCUT2D eigenvalue weighted by Crippen LogP contribution is 2.22. The Morgan fingerprint density at radius 2 is 2.07 bits per heavy atom. The molecule has 152 valence electrons. The second-order valence-corrected chi connectivity index (χ2v) is 6.92. The Balaban J connectivity index is 2.19. The topological polar surface area (TPSA) is 110 Å². The fourth-order valence-electron chi connectivity index (χ4n) is 3.36. The normalized spacial score (nSPS) is 12.3. The predicted octanol–water partition coefficient (Wildman–Crippen LogP) is 2.63. The second-order valence-electron chi connectivity index (χ2n) is 6.92. The van der Waals surface area contributed by atoms with Crippen LogP contribution in [0.2, 0.25) is 0 Å². The van der Waals surface area contributed by atoms with Gasteiger partial charge in [0.1, 0.15) is 11.6 Å². The number of benzene rings is 1. The highest BCUT2D eigenvalue weighted by Gasteiger charge is 2.16. The van der Waals surface area contributed by atoms with E-state index in [2.05, 4.69) is 16.8 Å². The lowest BCUT2D eigenvalue weighted by Gasteiger charge is -2.17. The number of nitrogens with two attached hydrogens (primary N) is 1. The molecule has 0 fully saturated rings. The molecule has 7 nitrogen and oxygen atoms in total. The Hall–Kier alpha value is -3.37. The standard InChI is InChI=1S/C22H26N4O3/c1-14-8-19(16(3)26(14)15(2)13-29-4)10-20(11-23)22(28)25-12-17-6-5-7-18(9-17)21(24)27/h5-10,15H,12-13H2,1-4H3,(H2,24,27)(H,25,28)/b20-10+. The number of nitriles is 1. The summed E-state index contributed by atoms with van der Waals surface area (Å²) >= 11 is 0. The summed E-state index contributed by atoms with van der Waals surface area (Å²) in [5.41, 5.74) is 9.17. The van der Waals surface area contributed by atoms with Gasteiger partial charge in [0.15, 0.2) is 0 Å². The maximum absolute atomic E-state index is 12.5. The third kappa shape index (κ3) is 5.33. The van der Waals surface area contributed by atoms with Gasteiger partial charge in [0.05, 0.1) is 12.6 Å². The molecular formula is C22H26N4O3. The van der Waals surface area contributed by atoms with E-state index in [4.69, 9.17) is 10.5 Å². The van der Waals surface area contributed by atoms with Gasteiger partial charge in [0.2, 0.25) is 5.91 Å². The van der Waals surface area contributed by atoms with E-state index in [9.17, 15) is 14.9 Å². The molecule has 0 saturated carbocycles. The number of aryl methyl sites for hydroxylation is 1. The van der Waals surface area contributed by atoms with Crippen molar-refractivity contribution in [3.63, 3.8) is 0 Å². The molecule has 0 aliphatic rings. The van der Waals surface area contributed by atoms with Crippen molar-refractivity contribution in [1.29, 1.82) is 5.26 Å². The average molecular weight is 394 g/mol. The van der Waals surface area contributed by atoms with Gasteiger partial charge in [-0.25, -0.2) is 0 Å². The van der Waals surface area contributed by atoms with Crippen molar-refractivity contribution in [2.75, 3.05) is 13.7 Å². The number of primary amides is 1. The molecule has 0 saturated heterocycles. The summed E-state index contributed by atoms with van der Waals surface area (Å²) in [6.07, 6.45) is 1.59. The lowest BCUT2D eigenvalue weighted by molar-refractivity contribution is -0.117. The molecule has 0 spiro atoms. The lowest BCUT2D eigenvalue weighted by Crippen LogP contribution is -2.24. The van der Waals surface area contributed by atoms with E-state index < -0.39 is 11.8 Å². The maximum Gasteiger partial charge on any atom is 0.262 e. The summed E-state index contributed by atoms with van der Waals surface area (Å²) in [5.74, 6) is -1.01. The molecule has 0 aliphatic heterocycles. The van der Waals surface area contributed by atoms with Crippen molar-refractivity contribution in [3.8, 4) is 6.07 Å². The molecule has 0 bridgehead atoms. The monoisotopic (exact) mass is 394 g/mol. The van der Waals surface area contributed by atoms with E-state index in [1.807, 2.05) is 26.0 Å². The summed E-state index contributed by atoms with van der Waals surface area (Å²) in [5, 5.41) is 12.2. The quantitative estimate of drug-likeness (QED) is 0.530. The number of hydrogen-bond donors (Lipinski definition) is 2. The molecule has 1 heterocycles. The van der Waals surface area contributed by atoms with E-state index in [-0.39, 0.29) is 18.2 Å². The summed E-state index contributed by atoms with van der Waals surface area (Å²) in [6, 6.07) is 10.7. The van der Waals surface area contributed by atoms with Crippen LogP contribution < -0.4 is 11.1 Å². The van der Waals surface area contributed by atoms with Gasteiger partial charge in [0, 0.05) is 30.6 Å². The SMILES string of the molecule is COCC(C)n1c(C)cc(/C=C(\C#N)C(=O)NCc2cccc(C(N)=O)c2)c1C. The summed E-state index contributed by atoms with van der Waals surface area (Å²) in [6.45, 7) is 6.73. The maximum atomic E-state index is 12.5. The highest BCUT2D eigenvalue weighted by atomic mass is 16.5. The van der Waals surface area contributed by atoms with Crippen LogP contribution in [0.3, 0.4) is 0 Å². The Labute approximate surface area is 170 Å². The van der Waals surface area contributed by atoms with Gasteiger partial charge in [-0.15, -0.1) is 0 Å². The zero-order chi connectivity index (χ0) is 21.6. The highest BCUT2D eigenvalue weighted by molar-refractivity contribution is 6.01. The van der Waals surface area contributed by atoms with Gasteiger partial charge in [-0.2, -0.15) is 5.26 Å². The number of ether oxygens (including phenoxy) is 1. The first-order valence-electron chi connectivity index (χ1n) is 9.24. The molecule has 0 aliphatic carbocycles. The van der Waals surface area contributed by atoms with Crippen LogP contribution >= 0.6 is 0 Å². The molecule has 2 amide bonds. The zero-order valence-corrected chi connectivity index (χ0v) is 17.2. The van der Waals surface area contributed by atoms with Gasteiger partial charge >= 0.3 is 0 Å². The molecule has 0 radical (unpaired) electrons. The Bertz CT molecular complexity index is 982. The van der Waals surface area contributed by atoms with Gasteiger partial charge in [-0.1, -0.05) is 12.1 Å². The molecule has 2 aromatic rings. The van der Waals surface area contributed by atoms with Crippen LogP contribution in [0.25, 0.3) is 6.08 Å². The van der Waals surface area contributed by atoms with E-state index in [1.165, 1.54) is 0 Å². The average Bonchev–Trinajstić information content (AvgIpc) is 2.97. The fraction of sp³-hybridized carbons (Fsp3) is 0.318. The van der Waals surface area contributed by atoms with Crippen molar-refractivity contribution in [3.05, 3.63) is 64.0 Å². The van der Waals surface area contributed by atoms with Crippen LogP contribution in [0.15, 0.2) is 35.9 Å². The van der Waals surface area contributed by atoms with Crippen LogP contribution in [0.1, 0.15) is 45.8 Å². The lowest BCUT2D eigenvalue weighted by atomic mass is 10.1. The molecule has 1 unspecified atom stereocenters. The molecule has 29 heavy (non-hydrogen) atoms. The fourth-order valence-corrected chi connectivity index (χ4v) is 3.36. The number of carbonyl (C=O) groups is 2. The number of carbonyl (C=O) groups excluding carboxylic acids is 2. The van der Waals surface area contributed by atoms with Crippen molar-refractivity contribution >= 4 is 17.9 Å². The molecule has 3 N–H and O–H groups in total. The number of amides is 2. The molecule has 1 aromatic heterocycles. The van der Waals surface area contributed by atoms with Gasteiger partial charge in [0.25, 0.3) is 5.91 Å². The van der Waals surface area contributed by atoms with Gasteiger partial charge in [-0.3, -0.25) is 9.59 Å². The Morgan fingerprint density at radius 1 is 1.34 bits per heavy atom. The largest absolute Gasteiger partial charge is 0.383 e. The van der Waals surface area contributed by atoms with E-state index in [0.717, 1.165) is 22.5 Å². The van der Waals surface area contributed by atoms with E-state index in [0.29, 0.717) is 12.2 Å². The molecule has 2 rings (SSSR count). The molecule has 1 aromatic carbocycles. The zero-order valence-electron chi connectivity index (χ0n) is 17.2. The van der Waals surface area contributed by atoms with Crippen molar-refractivity contribution in [2.45, 2.75) is 33.4 Å². The van der Waals surface area contributed by atoms with Crippen LogP contribution in [-0.4, -0.2) is 30.1 Å². The van der Waals surface area contributed by atoms with Gasteiger partial charge in [-0.05, 0) is 56.2 Å². The van der Waals surface area contributed by atoms with Crippen molar-refractivity contribution in [2.24, 2.45) is 5.73 Å². The second kappa shape index (κ2) is 9.71. The van der Waals surface area contributed by atoms with Crippen molar-refractivity contribution < 1.29 is 14.3 Å². The van der Waals surface area contributed by atoms with Crippen LogP contribution in [0, 0.1) is 25.2 Å². The number of methoxy groups -OCH3 is 1. The smallest absolute Gasteiger partial charge is 0.262 e. The number of nitrogens with zero attached hydrogens (tertiary/aromatic N) is 2. The summed E-state index contributed by atoms with van der Waals surface area (Å²) in [4.78, 5) is 23.8. The Morgan fingerprint density at radius 3 is 2.69 bits per heavy atom. The number of rotatable bonds is 8. The predicted molar refractivity (Wildman–Crippen MR) is 111 cm³/mol. The van der Waals surface area contributed by atoms with Crippen molar-refractivity contribution in [1.82, 2.24) is 9.88 Å². The van der Waals surface area contributed by atoms with Crippen LogP contribution in [-0.2, 0) is 16.1 Å². The van der Waals surface area contributed by atoms with E-state index in [1.54, 1.807) is 37.5 Å². The first-order valence-corrected chi connectivity index (χ1v) is 9.24. The number of hydrogen-bond acceptors (Lipinski definition) is 4. The minimum atomic E-state index is -0.533. The van der Waals surface area contributed by atoms with Gasteiger partial charge < -0.3 is 20.4 Å². The minimum absolute atomic E-state index is 0.00991. The molecule has 7 heteroatoms. The van der Waals surface area contributed by atoms with Crippen LogP contribution in [0.5, 0.6) is 0 Å². The Kier molecular flexibility index (Phi) is 7.34. The first-order chi connectivity index (χ1) is 13.8. The number of nitrogens with one attached hydrogen (secondary N) is 1. The summed E-state index contributed by atoms with van der Waals surface area (Å²) in [7, 11) is 1.66. The minimum Gasteiger partial charge on any atom is -0.383 e.